The smallest absolute Gasteiger partial charge is 0.384 e. The molecule has 0 bridgehead atoms. The zero-order chi connectivity index (χ0) is 16.4. The second kappa shape index (κ2) is 6.47. The topological polar surface area (TPSA) is 85.7 Å². The Bertz CT molecular complexity index is 641. The van der Waals surface area contributed by atoms with Gasteiger partial charge in [-0.05, 0) is 12.1 Å². The van der Waals surface area contributed by atoms with Gasteiger partial charge in [-0.15, -0.1) is 12.6 Å². The number of nitriles is 1. The van der Waals surface area contributed by atoms with Crippen LogP contribution in [0, 0.1) is 16.7 Å². The van der Waals surface area contributed by atoms with Gasteiger partial charge in [0.05, 0.1) is 26.2 Å². The van der Waals surface area contributed by atoms with Gasteiger partial charge in [-0.1, -0.05) is 23.2 Å². The highest BCUT2D eigenvalue weighted by molar-refractivity contribution is 7.85. The van der Waals surface area contributed by atoms with Crippen molar-refractivity contribution in [2.24, 2.45) is 5.73 Å². The second-order valence-electron chi connectivity index (χ2n) is 3.69. The summed E-state index contributed by atoms with van der Waals surface area (Å²) >= 11 is 15.3. The molecular formula is C11H7Cl2F3N4S. The Morgan fingerprint density at radius 2 is 1.81 bits per heavy atom. The minimum Gasteiger partial charge on any atom is -0.384 e. The van der Waals surface area contributed by atoms with Gasteiger partial charge in [-0.25, -0.2) is 0 Å². The summed E-state index contributed by atoms with van der Waals surface area (Å²) in [5, 5.41) is 17.6. The van der Waals surface area contributed by atoms with E-state index in [0.29, 0.717) is 12.1 Å². The molecule has 0 aliphatic rings. The Labute approximate surface area is 133 Å². The largest absolute Gasteiger partial charge is 0.416 e. The van der Waals surface area contributed by atoms with E-state index in [-0.39, 0.29) is 26.5 Å². The quantitative estimate of drug-likeness (QED) is 0.488. The van der Waals surface area contributed by atoms with Crippen LogP contribution in [0.3, 0.4) is 0 Å². The number of hydrogen-bond acceptors (Lipinski definition) is 5. The molecule has 0 radical (unpaired) electrons. The van der Waals surface area contributed by atoms with Crippen molar-refractivity contribution in [3.63, 3.8) is 0 Å². The van der Waals surface area contributed by atoms with Gasteiger partial charge in [-0.2, -0.15) is 18.4 Å². The summed E-state index contributed by atoms with van der Waals surface area (Å²) in [6.45, 7) is 0. The van der Waals surface area contributed by atoms with Crippen molar-refractivity contribution >= 4 is 47.2 Å². The molecule has 0 spiro atoms. The Morgan fingerprint density at radius 1 is 1.33 bits per heavy atom. The summed E-state index contributed by atoms with van der Waals surface area (Å²) in [7, 11) is 0. The molecular weight excluding hydrogens is 348 g/mol. The maximum atomic E-state index is 12.6. The first-order chi connectivity index (χ1) is 9.57. The molecule has 1 aromatic rings. The van der Waals surface area contributed by atoms with Gasteiger partial charge >= 0.3 is 6.18 Å². The van der Waals surface area contributed by atoms with Gasteiger partial charge in [0.2, 0.25) is 0 Å². The Hall–Kier alpha value is -1.56. The minimum absolute atomic E-state index is 0.0823. The van der Waals surface area contributed by atoms with Crippen LogP contribution in [0.1, 0.15) is 5.56 Å². The maximum Gasteiger partial charge on any atom is 0.416 e. The average molecular weight is 355 g/mol. The molecule has 0 atom stereocenters. The molecule has 112 valence electrons. The van der Waals surface area contributed by atoms with Crippen molar-refractivity contribution in [1.82, 2.24) is 0 Å². The minimum atomic E-state index is -4.59. The van der Waals surface area contributed by atoms with Gasteiger partial charge in [-0.3, -0.25) is 5.41 Å². The van der Waals surface area contributed by atoms with E-state index >= 15 is 0 Å². The highest BCUT2D eigenvalue weighted by Crippen LogP contribution is 2.38. The Balaban J connectivity index is 3.24. The average Bonchev–Trinajstić information content (AvgIpc) is 2.39. The molecule has 0 unspecified atom stereocenters. The van der Waals surface area contributed by atoms with Crippen LogP contribution in [0.5, 0.6) is 0 Å². The van der Waals surface area contributed by atoms with Crippen LogP contribution in [0.4, 0.5) is 18.9 Å². The number of hydrogen-bond donors (Lipinski definition) is 4. The molecule has 0 saturated heterocycles. The summed E-state index contributed by atoms with van der Waals surface area (Å²) in [6, 6.07) is 2.86. The number of rotatable bonds is 3. The molecule has 0 heterocycles. The number of allylic oxidation sites excluding steroid dienone is 1. The number of benzene rings is 1. The van der Waals surface area contributed by atoms with E-state index in [1.807, 2.05) is 0 Å². The molecule has 0 fully saturated rings. The molecule has 0 amide bonds. The lowest BCUT2D eigenvalue weighted by Gasteiger charge is -2.14. The van der Waals surface area contributed by atoms with E-state index in [1.54, 1.807) is 0 Å². The van der Waals surface area contributed by atoms with Crippen molar-refractivity contribution in [2.75, 3.05) is 5.32 Å². The van der Waals surface area contributed by atoms with Crippen molar-refractivity contribution in [3.8, 4) is 6.07 Å². The molecule has 0 saturated carbocycles. The lowest BCUT2D eigenvalue weighted by Crippen LogP contribution is -2.15. The summed E-state index contributed by atoms with van der Waals surface area (Å²) < 4.78 is 37.7. The molecule has 0 aliphatic carbocycles. The zero-order valence-corrected chi connectivity index (χ0v) is 12.4. The molecule has 4 nitrogen and oxygen atoms in total. The predicted octanol–water partition coefficient (Wildman–Crippen LogP) is 4.03. The monoisotopic (exact) mass is 354 g/mol. The third-order valence-electron chi connectivity index (χ3n) is 2.23. The van der Waals surface area contributed by atoms with E-state index in [9.17, 15) is 13.2 Å². The first-order valence-electron chi connectivity index (χ1n) is 5.09. The summed E-state index contributed by atoms with van der Waals surface area (Å²) in [4.78, 5) is -0.190. The van der Waals surface area contributed by atoms with E-state index < -0.39 is 17.5 Å². The summed E-state index contributed by atoms with van der Waals surface area (Å²) in [5.74, 6) is -0.242. The molecule has 1 rings (SSSR count). The van der Waals surface area contributed by atoms with E-state index in [4.69, 9.17) is 39.6 Å². The first-order valence-corrected chi connectivity index (χ1v) is 6.29. The van der Waals surface area contributed by atoms with Crippen LogP contribution in [0.25, 0.3) is 0 Å². The normalized spacial score (nSPS) is 12.4. The van der Waals surface area contributed by atoms with Gasteiger partial charge in [0.15, 0.2) is 0 Å². The van der Waals surface area contributed by atoms with Crippen LogP contribution in [-0.4, -0.2) is 5.71 Å². The molecule has 10 heteroatoms. The van der Waals surface area contributed by atoms with Crippen LogP contribution in [0.2, 0.25) is 10.0 Å². The van der Waals surface area contributed by atoms with Crippen molar-refractivity contribution in [2.45, 2.75) is 6.18 Å². The lowest BCUT2D eigenvalue weighted by molar-refractivity contribution is -0.137. The van der Waals surface area contributed by atoms with E-state index in [2.05, 4.69) is 17.9 Å². The SMILES string of the molecule is N#CC(=N)/C(S)=C(/N)Nc1c(Cl)cc(C(F)(F)F)cc1Cl. The maximum absolute atomic E-state index is 12.6. The number of halogens is 5. The number of thiol groups is 1. The Kier molecular flexibility index (Phi) is 5.39. The molecule has 0 aromatic heterocycles. The number of nitrogens with zero attached hydrogens (tertiary/aromatic N) is 1. The number of nitrogens with two attached hydrogens (primary N) is 1. The fourth-order valence-corrected chi connectivity index (χ4v) is 1.93. The highest BCUT2D eigenvalue weighted by atomic mass is 35.5. The van der Waals surface area contributed by atoms with Crippen molar-refractivity contribution in [3.05, 3.63) is 38.5 Å². The van der Waals surface area contributed by atoms with Crippen LogP contribution in [-0.2, 0) is 6.18 Å². The standard InChI is InChI=1S/C11H7Cl2F3N4S/c12-5-1-4(11(14,15)16)2-6(13)8(5)20-10(19)9(21)7(18)3-17/h1-2,18,20-21H,19H2/b10-9+,18-7?. The lowest BCUT2D eigenvalue weighted by atomic mass is 10.2. The summed E-state index contributed by atoms with van der Waals surface area (Å²) in [6.07, 6.45) is -4.59. The predicted molar refractivity (Wildman–Crippen MR) is 78.6 cm³/mol. The van der Waals surface area contributed by atoms with Gasteiger partial charge < -0.3 is 11.1 Å². The second-order valence-corrected chi connectivity index (χ2v) is 4.95. The van der Waals surface area contributed by atoms with Gasteiger partial charge in [0, 0.05) is 0 Å². The molecule has 1 aromatic carbocycles. The number of nitrogens with one attached hydrogen (secondary N) is 2. The molecule has 4 N–H and O–H groups in total. The number of alkyl halides is 3. The van der Waals surface area contributed by atoms with Crippen LogP contribution >= 0.6 is 35.8 Å². The van der Waals surface area contributed by atoms with Crippen LogP contribution < -0.4 is 11.1 Å². The van der Waals surface area contributed by atoms with Gasteiger partial charge in [0.25, 0.3) is 0 Å². The van der Waals surface area contributed by atoms with Gasteiger partial charge in [0.1, 0.15) is 17.6 Å². The zero-order valence-electron chi connectivity index (χ0n) is 10.0. The molecule has 0 aliphatic heterocycles. The van der Waals surface area contributed by atoms with E-state index in [0.717, 1.165) is 0 Å². The summed E-state index contributed by atoms with van der Waals surface area (Å²) in [5.41, 5.74) is 3.93. The van der Waals surface area contributed by atoms with Crippen LogP contribution in [0.15, 0.2) is 22.9 Å². The fraction of sp³-hybridized carbons (Fsp3) is 0.0909. The van der Waals surface area contributed by atoms with Crippen molar-refractivity contribution in [1.29, 1.82) is 10.7 Å². The highest BCUT2D eigenvalue weighted by Gasteiger charge is 2.32. The fourth-order valence-electron chi connectivity index (χ4n) is 1.24. The van der Waals surface area contributed by atoms with E-state index in [1.165, 1.54) is 6.07 Å². The first kappa shape index (κ1) is 17.5. The Morgan fingerprint density at radius 3 is 2.19 bits per heavy atom. The third kappa shape index (κ3) is 4.20. The molecule has 21 heavy (non-hydrogen) atoms. The van der Waals surface area contributed by atoms with Crippen molar-refractivity contribution < 1.29 is 13.2 Å². The number of anilines is 1. The third-order valence-corrected chi connectivity index (χ3v) is 3.29.